The number of likely N-dealkylation sites (N-methyl/N-ethyl adjacent to an activating group) is 1. The van der Waals surface area contributed by atoms with Crippen LogP contribution in [0.15, 0.2) is 36.5 Å². The Morgan fingerprint density at radius 3 is 2.41 bits per heavy atom. The van der Waals surface area contributed by atoms with Gasteiger partial charge in [0.15, 0.2) is 5.75 Å². The van der Waals surface area contributed by atoms with Crippen molar-refractivity contribution in [3.05, 3.63) is 36.5 Å². The molecule has 58 heavy (non-hydrogen) atoms. The topological polar surface area (TPSA) is 200 Å². The number of hydrogen-bond acceptors (Lipinski definition) is 11. The van der Waals surface area contributed by atoms with E-state index < -0.39 is 27.9 Å². The Labute approximate surface area is 349 Å². The number of fused-ring (bicyclic) bond motifs is 3. The van der Waals surface area contributed by atoms with E-state index in [1.165, 1.54) is 7.05 Å². The number of primary amides is 1. The molecule has 4 amide bonds. The lowest BCUT2D eigenvalue weighted by Crippen LogP contribution is -2.44. The molecular weight excluding hydrogens is 765 g/mol. The third-order valence-electron chi connectivity index (χ3n) is 10.1. The Balaban J connectivity index is 0.00000129. The van der Waals surface area contributed by atoms with Crippen LogP contribution in [-0.2, 0) is 29.1 Å². The molecular formula is C42H72N6O9S. The number of nitrogens with two attached hydrogens (primary N) is 1. The summed E-state index contributed by atoms with van der Waals surface area (Å²) >= 11 is 0. The SMILES string of the molecule is C/C=C\CC[C@@H](C)C[C@@H](CC)CC(=O)N1C[C@H](Oc2nccc3c4c(ccc23)N(C)CCO4)C[C@H]1C(N)=O.CCC(=O)NS(=O)(=O)C1CC1.CNC(=O)OC(C)(C)C.[HH].[HH].[HH]. The van der Waals surface area contributed by atoms with Crippen LogP contribution in [0, 0.1) is 11.8 Å². The Bertz CT molecular complexity index is 1860. The standard InChI is InChI=1S/C30H42N4O4.C6H11NO3S.C6H13NO2.3H2/c1-5-7-8-9-20(3)16-21(6-2)17-27(35)34-19-22(18-26(34)29(31)36)38-30-24-10-11-25-28(23(24)12-13-32-30)37-15-14-33(25)4;1-2-6(8)7-11(9,10)5-3-4-5;1-6(2,3)9-5(8)7-4;;;/h5,7,10-13,20-22,26H,6,8-9,14-19H2,1-4H3,(H2,31,36);5H,2-4H2,1H3,(H,7,8);1-4H3,(H,7,8);3*1H/b7-5-;;;;;/t20-,21-,22-,26+;;;;;/m1...../s1. The maximum absolute atomic E-state index is 13.4. The first-order chi connectivity index (χ1) is 27.3. The third kappa shape index (κ3) is 14.7. The molecule has 2 aromatic rings. The first-order valence-corrected chi connectivity index (χ1v) is 22.0. The lowest BCUT2D eigenvalue weighted by atomic mass is 9.88. The van der Waals surface area contributed by atoms with Crippen molar-refractivity contribution in [2.45, 2.75) is 129 Å². The first kappa shape index (κ1) is 47.8. The van der Waals surface area contributed by atoms with E-state index in [1.807, 2.05) is 57.7 Å². The van der Waals surface area contributed by atoms with Gasteiger partial charge in [-0.05, 0) is 89.8 Å². The van der Waals surface area contributed by atoms with E-state index in [-0.39, 0.29) is 45.6 Å². The van der Waals surface area contributed by atoms with Crippen molar-refractivity contribution in [2.75, 3.05) is 38.7 Å². The highest BCUT2D eigenvalue weighted by atomic mass is 32.2. The van der Waals surface area contributed by atoms with E-state index in [1.54, 1.807) is 18.0 Å². The summed E-state index contributed by atoms with van der Waals surface area (Å²) in [5.41, 5.74) is 6.39. The van der Waals surface area contributed by atoms with Gasteiger partial charge in [-0.2, -0.15) is 0 Å². The summed E-state index contributed by atoms with van der Waals surface area (Å²) in [6, 6.07) is 5.28. The number of benzene rings is 1. The van der Waals surface area contributed by atoms with Crippen molar-refractivity contribution < 1.29 is 46.1 Å². The van der Waals surface area contributed by atoms with Crippen LogP contribution in [0.2, 0.25) is 0 Å². The number of nitrogens with one attached hydrogen (secondary N) is 2. The van der Waals surface area contributed by atoms with Crippen LogP contribution < -0.4 is 30.1 Å². The number of aromatic nitrogens is 1. The van der Waals surface area contributed by atoms with Crippen LogP contribution in [-0.4, -0.2) is 98.9 Å². The Kier molecular flexibility index (Phi) is 18.1. The van der Waals surface area contributed by atoms with Gasteiger partial charge in [-0.1, -0.05) is 39.3 Å². The molecule has 1 saturated carbocycles. The number of anilines is 1. The molecule has 5 rings (SSSR count). The zero-order valence-electron chi connectivity index (χ0n) is 35.8. The molecule has 2 fully saturated rings. The Morgan fingerprint density at radius 1 is 1.14 bits per heavy atom. The highest BCUT2D eigenvalue weighted by Gasteiger charge is 2.40. The number of likely N-dealkylation sites (tertiary alicyclic amines) is 1. The number of pyridine rings is 1. The predicted octanol–water partition coefficient (Wildman–Crippen LogP) is 6.58. The number of carbonyl (C=O) groups excluding carboxylic acids is 4. The van der Waals surface area contributed by atoms with Gasteiger partial charge in [0.2, 0.25) is 33.6 Å². The highest BCUT2D eigenvalue weighted by molar-refractivity contribution is 7.90. The van der Waals surface area contributed by atoms with Gasteiger partial charge in [0.1, 0.15) is 24.4 Å². The number of sulfonamides is 1. The number of nitrogens with zero attached hydrogens (tertiary/aromatic N) is 3. The summed E-state index contributed by atoms with van der Waals surface area (Å²) < 4.78 is 41.2. The Morgan fingerprint density at radius 2 is 1.84 bits per heavy atom. The molecule has 3 heterocycles. The summed E-state index contributed by atoms with van der Waals surface area (Å²) in [4.78, 5) is 55.2. The van der Waals surface area contributed by atoms with Crippen LogP contribution in [0.1, 0.15) is 111 Å². The second kappa shape index (κ2) is 22.0. The summed E-state index contributed by atoms with van der Waals surface area (Å²) in [5.74, 6) is 1.19. The molecule has 0 bridgehead atoms. The minimum absolute atomic E-state index is 0. The third-order valence-corrected chi connectivity index (χ3v) is 12.0. The van der Waals surface area contributed by atoms with Crippen molar-refractivity contribution in [1.29, 1.82) is 0 Å². The molecule has 4 atom stereocenters. The van der Waals surface area contributed by atoms with Crippen molar-refractivity contribution >= 4 is 50.3 Å². The minimum atomic E-state index is -3.30. The highest BCUT2D eigenvalue weighted by Crippen LogP contribution is 2.40. The van der Waals surface area contributed by atoms with Gasteiger partial charge in [0.25, 0.3) is 0 Å². The van der Waals surface area contributed by atoms with Gasteiger partial charge < -0.3 is 35.1 Å². The van der Waals surface area contributed by atoms with Gasteiger partial charge in [0.05, 0.1) is 24.0 Å². The van der Waals surface area contributed by atoms with Crippen LogP contribution >= 0.6 is 0 Å². The van der Waals surface area contributed by atoms with E-state index in [4.69, 9.17) is 19.9 Å². The van der Waals surface area contributed by atoms with E-state index in [2.05, 4.69) is 41.2 Å². The number of amides is 4. The second-order valence-electron chi connectivity index (χ2n) is 16.2. The summed E-state index contributed by atoms with van der Waals surface area (Å²) in [5, 5.41) is 3.84. The molecule has 1 aromatic heterocycles. The molecule has 0 spiro atoms. The first-order valence-electron chi connectivity index (χ1n) is 20.4. The molecule has 0 radical (unpaired) electrons. The molecule has 16 heteroatoms. The van der Waals surface area contributed by atoms with Gasteiger partial charge >= 0.3 is 6.09 Å². The number of alkyl carbamates (subject to hydrolysis) is 1. The van der Waals surface area contributed by atoms with Crippen LogP contribution in [0.5, 0.6) is 11.6 Å². The molecule has 1 aromatic carbocycles. The predicted molar refractivity (Wildman–Crippen MR) is 232 cm³/mol. The number of hydrogen-bond donors (Lipinski definition) is 3. The van der Waals surface area contributed by atoms with Gasteiger partial charge in [0, 0.05) is 54.6 Å². The van der Waals surface area contributed by atoms with Crippen molar-refractivity contribution in [1.82, 2.24) is 19.9 Å². The van der Waals surface area contributed by atoms with E-state index >= 15 is 0 Å². The smallest absolute Gasteiger partial charge is 0.407 e. The van der Waals surface area contributed by atoms with E-state index in [0.29, 0.717) is 50.6 Å². The van der Waals surface area contributed by atoms with E-state index in [9.17, 15) is 27.6 Å². The van der Waals surface area contributed by atoms with Crippen molar-refractivity contribution in [3.63, 3.8) is 0 Å². The maximum Gasteiger partial charge on any atom is 0.407 e. The number of allylic oxidation sites excluding steroid dienone is 2. The van der Waals surface area contributed by atoms with Crippen molar-refractivity contribution in [2.24, 2.45) is 17.6 Å². The molecule has 330 valence electrons. The lowest BCUT2D eigenvalue weighted by molar-refractivity contribution is -0.138. The monoisotopic (exact) mass is 837 g/mol. The average Bonchev–Trinajstić information content (AvgIpc) is 3.95. The quantitative estimate of drug-likeness (QED) is 0.174. The molecule has 1 saturated heterocycles. The summed E-state index contributed by atoms with van der Waals surface area (Å²) in [7, 11) is 0.287. The molecule has 1 aliphatic carbocycles. The minimum Gasteiger partial charge on any atom is -0.489 e. The zero-order chi connectivity index (χ0) is 43.2. The molecule has 0 unspecified atom stereocenters. The van der Waals surface area contributed by atoms with Gasteiger partial charge in [-0.15, -0.1) is 0 Å². The maximum atomic E-state index is 13.4. The van der Waals surface area contributed by atoms with Crippen LogP contribution in [0.3, 0.4) is 0 Å². The summed E-state index contributed by atoms with van der Waals surface area (Å²) in [6.07, 6.45) is 11.7. The molecule has 15 nitrogen and oxygen atoms in total. The van der Waals surface area contributed by atoms with E-state index in [0.717, 1.165) is 54.4 Å². The normalized spacial score (nSPS) is 18.7. The Hall–Kier alpha value is -4.60. The zero-order valence-corrected chi connectivity index (χ0v) is 36.7. The molecule has 3 aliphatic rings. The molecule has 2 aliphatic heterocycles. The second-order valence-corrected chi connectivity index (χ2v) is 18.1. The molecule has 4 N–H and O–H groups in total. The van der Waals surface area contributed by atoms with Gasteiger partial charge in [-0.25, -0.2) is 18.2 Å². The fourth-order valence-electron chi connectivity index (χ4n) is 6.74. The lowest BCUT2D eigenvalue weighted by Gasteiger charge is -2.28. The van der Waals surface area contributed by atoms with Crippen LogP contribution in [0.4, 0.5) is 10.5 Å². The number of ether oxygens (including phenoxy) is 3. The van der Waals surface area contributed by atoms with Gasteiger partial charge in [-0.3, -0.25) is 19.1 Å². The summed E-state index contributed by atoms with van der Waals surface area (Å²) in [6.45, 7) is 15.3. The van der Waals surface area contributed by atoms with Crippen molar-refractivity contribution in [3.8, 4) is 11.6 Å². The fraction of sp³-hybridized carbons (Fsp3) is 0.643. The number of rotatable bonds is 14. The average molecular weight is 837 g/mol. The largest absolute Gasteiger partial charge is 0.489 e. The van der Waals surface area contributed by atoms with Crippen LogP contribution in [0.25, 0.3) is 10.8 Å². The fourth-order valence-corrected chi connectivity index (χ4v) is 8.13. The number of carbonyl (C=O) groups is 4.